The Kier molecular flexibility index (Phi) is 9.69. The maximum absolute atomic E-state index is 14.0. The first-order valence-electron chi connectivity index (χ1n) is 12.4. The Balaban J connectivity index is 2.06. The van der Waals surface area contributed by atoms with Gasteiger partial charge in [-0.1, -0.05) is 71.2 Å². The molecule has 0 saturated heterocycles. The molecule has 39 heavy (non-hydrogen) atoms. The molecule has 0 aliphatic rings. The minimum atomic E-state index is -4.20. The van der Waals surface area contributed by atoms with E-state index in [1.54, 1.807) is 61.5 Å². The maximum atomic E-state index is 14.0. The number of anilines is 1. The number of para-hydroxylation sites is 1. The molecule has 0 bridgehead atoms. The van der Waals surface area contributed by atoms with E-state index in [2.05, 4.69) is 5.32 Å². The fraction of sp³-hybridized carbons (Fsp3) is 0.310. The van der Waals surface area contributed by atoms with Gasteiger partial charge in [0.25, 0.3) is 10.0 Å². The van der Waals surface area contributed by atoms with E-state index in [1.165, 1.54) is 23.1 Å². The molecule has 0 fully saturated rings. The van der Waals surface area contributed by atoms with Crippen LogP contribution >= 0.6 is 23.2 Å². The number of hydrogen-bond acceptors (Lipinski definition) is 4. The molecule has 208 valence electrons. The molecule has 3 aromatic rings. The lowest BCUT2D eigenvalue weighted by atomic mass is 10.1. The third-order valence-electron chi connectivity index (χ3n) is 5.97. The number of halogens is 2. The fourth-order valence-corrected chi connectivity index (χ4v) is 5.79. The molecule has 10 heteroatoms. The number of rotatable bonds is 9. The Morgan fingerprint density at radius 3 is 2.03 bits per heavy atom. The van der Waals surface area contributed by atoms with Crippen LogP contribution in [0.2, 0.25) is 10.0 Å². The molecule has 0 aliphatic heterocycles. The Labute approximate surface area is 240 Å². The van der Waals surface area contributed by atoms with E-state index in [9.17, 15) is 18.0 Å². The van der Waals surface area contributed by atoms with E-state index in [0.29, 0.717) is 10.6 Å². The number of amides is 2. The first-order valence-corrected chi connectivity index (χ1v) is 14.6. The van der Waals surface area contributed by atoms with Crippen molar-refractivity contribution in [1.82, 2.24) is 10.2 Å². The van der Waals surface area contributed by atoms with Gasteiger partial charge in [-0.05, 0) is 70.5 Å². The smallest absolute Gasteiger partial charge is 0.264 e. The normalized spacial score (nSPS) is 12.5. The molecule has 7 nitrogen and oxygen atoms in total. The van der Waals surface area contributed by atoms with E-state index in [1.807, 2.05) is 27.7 Å². The highest BCUT2D eigenvalue weighted by Crippen LogP contribution is 2.31. The second-order valence-electron chi connectivity index (χ2n) is 10.3. The summed E-state index contributed by atoms with van der Waals surface area (Å²) in [6.45, 7) is 8.38. The molecule has 0 radical (unpaired) electrons. The van der Waals surface area contributed by atoms with Crippen LogP contribution in [0.4, 0.5) is 5.69 Å². The van der Waals surface area contributed by atoms with Crippen molar-refractivity contribution in [2.75, 3.05) is 10.8 Å². The summed E-state index contributed by atoms with van der Waals surface area (Å²) in [6.07, 6.45) is 0. The molecule has 0 heterocycles. The number of nitrogens with zero attached hydrogens (tertiary/aromatic N) is 2. The van der Waals surface area contributed by atoms with Crippen molar-refractivity contribution in [3.63, 3.8) is 0 Å². The summed E-state index contributed by atoms with van der Waals surface area (Å²) < 4.78 is 28.7. The number of benzene rings is 3. The molecule has 0 saturated carbocycles. The van der Waals surface area contributed by atoms with Crippen molar-refractivity contribution in [2.45, 2.75) is 57.6 Å². The van der Waals surface area contributed by atoms with Gasteiger partial charge in [-0.15, -0.1) is 0 Å². The quantitative estimate of drug-likeness (QED) is 0.340. The predicted molar refractivity (Wildman–Crippen MR) is 157 cm³/mol. The Morgan fingerprint density at radius 1 is 0.897 bits per heavy atom. The van der Waals surface area contributed by atoms with Crippen LogP contribution in [0.5, 0.6) is 0 Å². The lowest BCUT2D eigenvalue weighted by Gasteiger charge is -2.33. The van der Waals surface area contributed by atoms with Gasteiger partial charge in [-0.25, -0.2) is 8.42 Å². The average Bonchev–Trinajstić information content (AvgIpc) is 2.86. The third-order valence-corrected chi connectivity index (χ3v) is 8.44. The van der Waals surface area contributed by atoms with Crippen molar-refractivity contribution in [3.8, 4) is 0 Å². The van der Waals surface area contributed by atoms with Gasteiger partial charge in [0.05, 0.1) is 15.6 Å². The van der Waals surface area contributed by atoms with Crippen molar-refractivity contribution in [1.29, 1.82) is 0 Å². The third kappa shape index (κ3) is 7.75. The van der Waals surface area contributed by atoms with Crippen LogP contribution in [-0.4, -0.2) is 43.3 Å². The Morgan fingerprint density at radius 2 is 1.46 bits per heavy atom. The second-order valence-corrected chi connectivity index (χ2v) is 13.0. The minimum Gasteiger partial charge on any atom is -0.350 e. The van der Waals surface area contributed by atoms with E-state index >= 15 is 0 Å². The minimum absolute atomic E-state index is 0.00181. The summed E-state index contributed by atoms with van der Waals surface area (Å²) in [4.78, 5) is 28.4. The highest BCUT2D eigenvalue weighted by Gasteiger charge is 2.34. The summed E-state index contributed by atoms with van der Waals surface area (Å²) in [5, 5.41) is 3.48. The summed E-state index contributed by atoms with van der Waals surface area (Å²) in [5.74, 6) is -0.976. The highest BCUT2D eigenvalue weighted by atomic mass is 35.5. The molecule has 0 aliphatic carbocycles. The van der Waals surface area contributed by atoms with Crippen molar-refractivity contribution in [3.05, 3.63) is 94.0 Å². The second kappa shape index (κ2) is 12.4. The number of aryl methyl sites for hydroxylation is 1. The SMILES string of the molecule is Cc1ccc(S(=O)(=O)N(CC(=O)N(Cc2ccccc2Cl)[C@H](C)C(=O)NC(C)(C)C)c2ccccc2Cl)cc1. The van der Waals surface area contributed by atoms with Gasteiger partial charge in [0.2, 0.25) is 11.8 Å². The zero-order valence-corrected chi connectivity index (χ0v) is 24.9. The Hall–Kier alpha value is -3.07. The van der Waals surface area contributed by atoms with Gasteiger partial charge in [0, 0.05) is 17.1 Å². The number of sulfonamides is 1. The maximum Gasteiger partial charge on any atom is 0.264 e. The van der Waals surface area contributed by atoms with Gasteiger partial charge in [-0.2, -0.15) is 0 Å². The van der Waals surface area contributed by atoms with Crippen LogP contribution in [0.15, 0.2) is 77.7 Å². The zero-order valence-electron chi connectivity index (χ0n) is 22.6. The first kappa shape index (κ1) is 30.5. The number of carbonyl (C=O) groups excluding carboxylic acids is 2. The van der Waals surface area contributed by atoms with Gasteiger partial charge in [0.15, 0.2) is 0 Å². The fourth-order valence-electron chi connectivity index (χ4n) is 3.87. The predicted octanol–water partition coefficient (Wildman–Crippen LogP) is 5.83. The van der Waals surface area contributed by atoms with Gasteiger partial charge in [-0.3, -0.25) is 13.9 Å². The van der Waals surface area contributed by atoms with Crippen LogP contribution in [0.25, 0.3) is 0 Å². The van der Waals surface area contributed by atoms with Crippen LogP contribution in [0.1, 0.15) is 38.8 Å². The van der Waals surface area contributed by atoms with Gasteiger partial charge < -0.3 is 10.2 Å². The molecular weight excluding hydrogens is 557 g/mol. The average molecular weight is 591 g/mol. The molecule has 0 unspecified atom stereocenters. The summed E-state index contributed by atoms with van der Waals surface area (Å²) in [7, 11) is -4.20. The molecule has 1 atom stereocenters. The zero-order chi connectivity index (χ0) is 29.0. The summed E-state index contributed by atoms with van der Waals surface area (Å²) in [5.41, 5.74) is 1.12. The molecule has 3 aromatic carbocycles. The van der Waals surface area contributed by atoms with Crippen molar-refractivity contribution in [2.24, 2.45) is 0 Å². The summed E-state index contributed by atoms with van der Waals surface area (Å²) in [6, 6.07) is 18.8. The molecule has 1 N–H and O–H groups in total. The van der Waals surface area contributed by atoms with Crippen LogP contribution in [0, 0.1) is 6.92 Å². The van der Waals surface area contributed by atoms with E-state index in [4.69, 9.17) is 23.2 Å². The Bertz CT molecular complexity index is 1440. The largest absolute Gasteiger partial charge is 0.350 e. The summed E-state index contributed by atoms with van der Waals surface area (Å²) >= 11 is 12.8. The van der Waals surface area contributed by atoms with E-state index < -0.39 is 34.1 Å². The van der Waals surface area contributed by atoms with E-state index in [0.717, 1.165) is 9.87 Å². The monoisotopic (exact) mass is 589 g/mol. The van der Waals surface area contributed by atoms with Gasteiger partial charge >= 0.3 is 0 Å². The molecule has 0 spiro atoms. The van der Waals surface area contributed by atoms with Gasteiger partial charge in [0.1, 0.15) is 12.6 Å². The van der Waals surface area contributed by atoms with Crippen LogP contribution < -0.4 is 9.62 Å². The molecule has 2 amide bonds. The number of carbonyl (C=O) groups is 2. The van der Waals surface area contributed by atoms with E-state index in [-0.39, 0.29) is 28.1 Å². The van der Waals surface area contributed by atoms with Crippen LogP contribution in [0.3, 0.4) is 0 Å². The number of nitrogens with one attached hydrogen (secondary N) is 1. The lowest BCUT2D eigenvalue weighted by Crippen LogP contribution is -2.54. The van der Waals surface area contributed by atoms with Crippen molar-refractivity contribution >= 4 is 50.7 Å². The molecule has 0 aromatic heterocycles. The highest BCUT2D eigenvalue weighted by molar-refractivity contribution is 7.92. The van der Waals surface area contributed by atoms with Crippen molar-refractivity contribution < 1.29 is 18.0 Å². The lowest BCUT2D eigenvalue weighted by molar-refractivity contribution is -0.140. The topological polar surface area (TPSA) is 86.8 Å². The first-order chi connectivity index (χ1) is 18.2. The van der Waals surface area contributed by atoms with Crippen LogP contribution in [-0.2, 0) is 26.2 Å². The molecule has 3 rings (SSSR count). The standard InChI is InChI=1S/C29H33Cl2N3O4S/c1-20-14-16-23(17-15-20)39(37,38)34(26-13-9-8-12-25(26)31)19-27(35)33(18-22-10-6-7-11-24(22)30)21(2)28(36)32-29(3,4)5/h6-17,21H,18-19H2,1-5H3,(H,32,36)/t21-/m1/s1. The molecular formula is C29H33Cl2N3O4S. The number of hydrogen-bond donors (Lipinski definition) is 1.